The number of aromatic nitrogens is 2. The first-order valence-corrected chi connectivity index (χ1v) is 4.72. The first-order valence-electron chi connectivity index (χ1n) is 4.34. The molecule has 0 aliphatic heterocycles. The molecule has 2 aromatic rings. The van der Waals surface area contributed by atoms with Crippen LogP contribution in [-0.2, 0) is 0 Å². The maximum Gasteiger partial charge on any atom is 0.237 e. The van der Waals surface area contributed by atoms with E-state index in [0.717, 1.165) is 11.1 Å². The molecule has 0 aliphatic carbocycles. The lowest BCUT2D eigenvalue weighted by Crippen LogP contribution is -2.09. The van der Waals surface area contributed by atoms with Crippen molar-refractivity contribution in [2.75, 3.05) is 5.43 Å². The average molecular weight is 221 g/mol. The summed E-state index contributed by atoms with van der Waals surface area (Å²) in [6.07, 6.45) is 3.38. The SMILES string of the molecule is NNc1ncc(-c2cccc(Cl)c2)cn1. The van der Waals surface area contributed by atoms with Crippen LogP contribution < -0.4 is 11.3 Å². The number of nitrogens with two attached hydrogens (primary N) is 1. The quantitative estimate of drug-likeness (QED) is 0.601. The Bertz CT molecular complexity index is 455. The summed E-state index contributed by atoms with van der Waals surface area (Å²) in [4.78, 5) is 8.03. The normalized spacial score (nSPS) is 10.0. The molecule has 15 heavy (non-hydrogen) atoms. The predicted molar refractivity (Wildman–Crippen MR) is 60.3 cm³/mol. The molecule has 0 bridgehead atoms. The average Bonchev–Trinajstić information content (AvgIpc) is 2.29. The van der Waals surface area contributed by atoms with E-state index in [1.165, 1.54) is 0 Å². The summed E-state index contributed by atoms with van der Waals surface area (Å²) in [5.74, 6) is 5.56. The van der Waals surface area contributed by atoms with Crippen molar-refractivity contribution in [2.24, 2.45) is 5.84 Å². The second kappa shape index (κ2) is 4.25. The number of hydrazine groups is 1. The van der Waals surface area contributed by atoms with E-state index in [1.54, 1.807) is 12.4 Å². The van der Waals surface area contributed by atoms with Crippen LogP contribution in [0.4, 0.5) is 5.95 Å². The number of nitrogens with zero attached hydrogens (tertiary/aromatic N) is 2. The Morgan fingerprint density at radius 3 is 2.47 bits per heavy atom. The van der Waals surface area contributed by atoms with Crippen LogP contribution >= 0.6 is 11.6 Å². The highest BCUT2D eigenvalue weighted by Gasteiger charge is 1.99. The lowest BCUT2D eigenvalue weighted by atomic mass is 10.1. The minimum absolute atomic E-state index is 0.390. The van der Waals surface area contributed by atoms with E-state index in [0.29, 0.717) is 11.0 Å². The third-order valence-electron chi connectivity index (χ3n) is 1.94. The van der Waals surface area contributed by atoms with E-state index in [2.05, 4.69) is 15.4 Å². The van der Waals surface area contributed by atoms with Gasteiger partial charge in [0, 0.05) is 23.0 Å². The largest absolute Gasteiger partial charge is 0.292 e. The smallest absolute Gasteiger partial charge is 0.237 e. The first kappa shape index (κ1) is 9.89. The summed E-state index contributed by atoms with van der Waals surface area (Å²) in [7, 11) is 0. The minimum atomic E-state index is 0.390. The Morgan fingerprint density at radius 2 is 1.87 bits per heavy atom. The molecule has 4 nitrogen and oxygen atoms in total. The van der Waals surface area contributed by atoms with Gasteiger partial charge in [-0.2, -0.15) is 0 Å². The fourth-order valence-electron chi connectivity index (χ4n) is 1.22. The van der Waals surface area contributed by atoms with Gasteiger partial charge in [-0.3, -0.25) is 5.43 Å². The van der Waals surface area contributed by atoms with Crippen molar-refractivity contribution in [3.05, 3.63) is 41.7 Å². The van der Waals surface area contributed by atoms with Crippen LogP contribution in [0.3, 0.4) is 0 Å². The number of rotatable bonds is 2. The van der Waals surface area contributed by atoms with Gasteiger partial charge in [0.05, 0.1) is 0 Å². The van der Waals surface area contributed by atoms with Crippen LogP contribution in [0.2, 0.25) is 5.02 Å². The van der Waals surface area contributed by atoms with Gasteiger partial charge in [-0.25, -0.2) is 15.8 Å². The van der Waals surface area contributed by atoms with Gasteiger partial charge in [-0.15, -0.1) is 0 Å². The van der Waals surface area contributed by atoms with Gasteiger partial charge in [0.2, 0.25) is 5.95 Å². The van der Waals surface area contributed by atoms with Crippen molar-refractivity contribution < 1.29 is 0 Å². The Labute approximate surface area is 92.1 Å². The van der Waals surface area contributed by atoms with Crippen LogP contribution in [0, 0.1) is 0 Å². The lowest BCUT2D eigenvalue weighted by molar-refractivity contribution is 1.12. The number of nitrogen functional groups attached to an aromatic ring is 1. The second-order valence-electron chi connectivity index (χ2n) is 2.95. The van der Waals surface area contributed by atoms with Gasteiger partial charge < -0.3 is 0 Å². The highest BCUT2D eigenvalue weighted by molar-refractivity contribution is 6.30. The molecule has 1 heterocycles. The van der Waals surface area contributed by atoms with Crippen LogP contribution in [0.15, 0.2) is 36.7 Å². The molecule has 1 aromatic carbocycles. The van der Waals surface area contributed by atoms with E-state index < -0.39 is 0 Å². The van der Waals surface area contributed by atoms with Gasteiger partial charge >= 0.3 is 0 Å². The van der Waals surface area contributed by atoms with Crippen molar-refractivity contribution in [3.63, 3.8) is 0 Å². The molecule has 0 amide bonds. The van der Waals surface area contributed by atoms with Crippen LogP contribution in [0.5, 0.6) is 0 Å². The van der Waals surface area contributed by atoms with Crippen LogP contribution in [-0.4, -0.2) is 9.97 Å². The monoisotopic (exact) mass is 220 g/mol. The van der Waals surface area contributed by atoms with Crippen molar-refractivity contribution >= 4 is 17.5 Å². The van der Waals surface area contributed by atoms with E-state index >= 15 is 0 Å². The number of halogens is 1. The van der Waals surface area contributed by atoms with Gasteiger partial charge in [0.15, 0.2) is 0 Å². The summed E-state index contributed by atoms with van der Waals surface area (Å²) in [6.45, 7) is 0. The Kier molecular flexibility index (Phi) is 2.80. The molecule has 0 spiro atoms. The fourth-order valence-corrected chi connectivity index (χ4v) is 1.41. The molecular formula is C10H9ClN4. The van der Waals surface area contributed by atoms with Gasteiger partial charge in [0.1, 0.15) is 0 Å². The molecule has 0 saturated carbocycles. The zero-order chi connectivity index (χ0) is 10.7. The van der Waals surface area contributed by atoms with Gasteiger partial charge in [-0.05, 0) is 17.7 Å². The fraction of sp³-hybridized carbons (Fsp3) is 0. The summed E-state index contributed by atoms with van der Waals surface area (Å²) >= 11 is 5.88. The molecule has 0 saturated heterocycles. The molecule has 5 heteroatoms. The highest BCUT2D eigenvalue weighted by atomic mass is 35.5. The van der Waals surface area contributed by atoms with Crippen molar-refractivity contribution in [2.45, 2.75) is 0 Å². The van der Waals surface area contributed by atoms with Crippen molar-refractivity contribution in [1.82, 2.24) is 9.97 Å². The predicted octanol–water partition coefficient (Wildman–Crippen LogP) is 2.08. The van der Waals surface area contributed by atoms with Crippen LogP contribution in [0.25, 0.3) is 11.1 Å². The number of hydrogen-bond donors (Lipinski definition) is 2. The Balaban J connectivity index is 2.37. The van der Waals surface area contributed by atoms with E-state index in [1.807, 2.05) is 24.3 Å². The van der Waals surface area contributed by atoms with E-state index in [-0.39, 0.29) is 0 Å². The molecule has 0 fully saturated rings. The first-order chi connectivity index (χ1) is 7.29. The summed E-state index contributed by atoms with van der Waals surface area (Å²) in [6, 6.07) is 7.50. The van der Waals surface area contributed by atoms with Gasteiger partial charge in [0.25, 0.3) is 0 Å². The number of hydrogen-bond acceptors (Lipinski definition) is 4. The molecular weight excluding hydrogens is 212 g/mol. The maximum atomic E-state index is 5.88. The lowest BCUT2D eigenvalue weighted by Gasteiger charge is -2.02. The topological polar surface area (TPSA) is 63.8 Å². The number of benzene rings is 1. The number of anilines is 1. The van der Waals surface area contributed by atoms with Crippen LogP contribution in [0.1, 0.15) is 0 Å². The van der Waals surface area contributed by atoms with E-state index in [9.17, 15) is 0 Å². The standard InChI is InChI=1S/C10H9ClN4/c11-9-3-1-2-7(4-9)8-5-13-10(15-12)14-6-8/h1-6H,12H2,(H,13,14,15). The Morgan fingerprint density at radius 1 is 1.13 bits per heavy atom. The van der Waals surface area contributed by atoms with Gasteiger partial charge in [-0.1, -0.05) is 23.7 Å². The molecule has 0 unspecified atom stereocenters. The molecule has 1 aromatic heterocycles. The molecule has 3 N–H and O–H groups in total. The summed E-state index contributed by atoms with van der Waals surface area (Å²) < 4.78 is 0. The molecule has 0 atom stereocenters. The molecule has 0 aliphatic rings. The zero-order valence-electron chi connectivity index (χ0n) is 7.81. The summed E-state index contributed by atoms with van der Waals surface area (Å²) in [5.41, 5.74) is 4.25. The third-order valence-corrected chi connectivity index (χ3v) is 2.17. The number of nitrogens with one attached hydrogen (secondary N) is 1. The Hall–Kier alpha value is -1.65. The van der Waals surface area contributed by atoms with Crippen molar-refractivity contribution in [1.29, 1.82) is 0 Å². The molecule has 2 rings (SSSR count). The zero-order valence-corrected chi connectivity index (χ0v) is 8.57. The second-order valence-corrected chi connectivity index (χ2v) is 3.39. The van der Waals surface area contributed by atoms with Crippen molar-refractivity contribution in [3.8, 4) is 11.1 Å². The maximum absolute atomic E-state index is 5.88. The van der Waals surface area contributed by atoms with E-state index in [4.69, 9.17) is 17.4 Å². The molecule has 76 valence electrons. The molecule has 0 radical (unpaired) electrons. The highest BCUT2D eigenvalue weighted by Crippen LogP contribution is 2.21. The minimum Gasteiger partial charge on any atom is -0.292 e. The summed E-state index contributed by atoms with van der Waals surface area (Å²) in [5, 5.41) is 0.688. The third kappa shape index (κ3) is 2.23.